The van der Waals surface area contributed by atoms with Crippen LogP contribution in [0.25, 0.3) is 0 Å². The van der Waals surface area contributed by atoms with Gasteiger partial charge in [-0.1, -0.05) is 19.1 Å². The van der Waals surface area contributed by atoms with Gasteiger partial charge in [-0.25, -0.2) is 4.39 Å². The zero-order valence-corrected chi connectivity index (χ0v) is 10.8. The summed E-state index contributed by atoms with van der Waals surface area (Å²) in [5.41, 5.74) is 7.65. The van der Waals surface area contributed by atoms with E-state index < -0.39 is 0 Å². The van der Waals surface area contributed by atoms with Crippen molar-refractivity contribution >= 4 is 0 Å². The summed E-state index contributed by atoms with van der Waals surface area (Å²) in [5, 5.41) is 0. The van der Waals surface area contributed by atoms with Crippen LogP contribution in [-0.2, 0) is 0 Å². The molecule has 1 aromatic heterocycles. The summed E-state index contributed by atoms with van der Waals surface area (Å²) in [7, 11) is 0. The number of benzene rings is 1. The molecule has 0 bridgehead atoms. The highest BCUT2D eigenvalue weighted by atomic mass is 19.1. The molecule has 0 aliphatic carbocycles. The molecule has 4 heteroatoms. The number of hydrogen-bond acceptors (Lipinski definition) is 3. The smallest absolute Gasteiger partial charge is 0.141 e. The number of rotatable bonds is 5. The van der Waals surface area contributed by atoms with Crippen molar-refractivity contribution in [2.24, 2.45) is 5.73 Å². The van der Waals surface area contributed by atoms with Crippen molar-refractivity contribution < 1.29 is 9.13 Å². The van der Waals surface area contributed by atoms with E-state index in [9.17, 15) is 4.39 Å². The molecule has 0 saturated heterocycles. The Hall–Kier alpha value is -1.94. The molecule has 0 fully saturated rings. The van der Waals surface area contributed by atoms with Crippen LogP contribution < -0.4 is 10.5 Å². The molecule has 2 aromatic rings. The van der Waals surface area contributed by atoms with Gasteiger partial charge in [-0.05, 0) is 36.2 Å². The number of pyridine rings is 1. The van der Waals surface area contributed by atoms with Crippen LogP contribution >= 0.6 is 0 Å². The molecule has 100 valence electrons. The second-order valence-corrected chi connectivity index (χ2v) is 4.30. The van der Waals surface area contributed by atoms with E-state index in [1.54, 1.807) is 6.07 Å². The average molecular weight is 260 g/mol. The third kappa shape index (κ3) is 3.51. The second-order valence-electron chi connectivity index (χ2n) is 4.30. The van der Waals surface area contributed by atoms with E-state index in [1.807, 2.05) is 24.3 Å². The fraction of sp³-hybridized carbons (Fsp3) is 0.267. The van der Waals surface area contributed by atoms with Crippen LogP contribution in [0.15, 0.2) is 42.6 Å². The van der Waals surface area contributed by atoms with E-state index in [4.69, 9.17) is 10.5 Å². The van der Waals surface area contributed by atoms with Gasteiger partial charge in [0.05, 0.1) is 24.5 Å². The van der Waals surface area contributed by atoms with Crippen LogP contribution in [-0.4, -0.2) is 11.6 Å². The van der Waals surface area contributed by atoms with E-state index >= 15 is 0 Å². The SMILES string of the molecule is CCCOc1ccc(C(N)c2ccc(F)cn2)cc1. The molecule has 0 aliphatic rings. The Bertz CT molecular complexity index is 511. The third-order valence-corrected chi connectivity index (χ3v) is 2.78. The Kier molecular flexibility index (Phi) is 4.47. The lowest BCUT2D eigenvalue weighted by molar-refractivity contribution is 0.317. The largest absolute Gasteiger partial charge is 0.494 e. The number of aromatic nitrogens is 1. The Morgan fingerprint density at radius 3 is 2.53 bits per heavy atom. The van der Waals surface area contributed by atoms with Gasteiger partial charge in [0.1, 0.15) is 11.6 Å². The van der Waals surface area contributed by atoms with Gasteiger partial charge in [0.2, 0.25) is 0 Å². The molecule has 1 heterocycles. The molecular formula is C15H17FN2O. The van der Waals surface area contributed by atoms with Crippen LogP contribution in [0, 0.1) is 5.82 Å². The molecule has 0 spiro atoms. The number of nitrogens with zero attached hydrogens (tertiary/aromatic N) is 1. The zero-order chi connectivity index (χ0) is 13.7. The molecule has 2 N–H and O–H groups in total. The molecule has 19 heavy (non-hydrogen) atoms. The maximum Gasteiger partial charge on any atom is 0.141 e. The van der Waals surface area contributed by atoms with Crippen molar-refractivity contribution in [3.05, 3.63) is 59.7 Å². The van der Waals surface area contributed by atoms with Gasteiger partial charge in [-0.15, -0.1) is 0 Å². The van der Waals surface area contributed by atoms with Crippen molar-refractivity contribution in [1.29, 1.82) is 0 Å². The fourth-order valence-electron chi connectivity index (χ4n) is 1.73. The van der Waals surface area contributed by atoms with Gasteiger partial charge in [0.25, 0.3) is 0 Å². The Morgan fingerprint density at radius 2 is 1.95 bits per heavy atom. The van der Waals surface area contributed by atoms with Gasteiger partial charge in [0, 0.05) is 0 Å². The summed E-state index contributed by atoms with van der Waals surface area (Å²) in [6, 6.07) is 10.2. The van der Waals surface area contributed by atoms with Crippen molar-refractivity contribution in [2.45, 2.75) is 19.4 Å². The number of halogens is 1. The maximum atomic E-state index is 12.8. The van der Waals surface area contributed by atoms with Crippen molar-refractivity contribution in [1.82, 2.24) is 4.98 Å². The molecule has 0 aliphatic heterocycles. The predicted molar refractivity (Wildman–Crippen MR) is 72.5 cm³/mol. The van der Waals surface area contributed by atoms with E-state index in [1.165, 1.54) is 12.3 Å². The molecule has 2 rings (SSSR count). The minimum atomic E-state index is -0.362. The molecule has 3 nitrogen and oxygen atoms in total. The first-order valence-electron chi connectivity index (χ1n) is 6.30. The summed E-state index contributed by atoms with van der Waals surface area (Å²) in [6.45, 7) is 2.76. The lowest BCUT2D eigenvalue weighted by Gasteiger charge is -2.12. The minimum absolute atomic E-state index is 0.360. The summed E-state index contributed by atoms with van der Waals surface area (Å²) >= 11 is 0. The quantitative estimate of drug-likeness (QED) is 0.898. The standard InChI is InChI=1S/C15H17FN2O/c1-2-9-19-13-6-3-11(4-7-13)15(17)14-8-5-12(16)10-18-14/h3-8,10,15H,2,9,17H2,1H3. The van der Waals surface area contributed by atoms with Crippen molar-refractivity contribution in [3.8, 4) is 5.75 Å². The molecule has 1 unspecified atom stereocenters. The Morgan fingerprint density at radius 1 is 1.21 bits per heavy atom. The molecule has 1 atom stereocenters. The van der Waals surface area contributed by atoms with Crippen molar-refractivity contribution in [2.75, 3.05) is 6.61 Å². The van der Waals surface area contributed by atoms with E-state index in [-0.39, 0.29) is 11.9 Å². The van der Waals surface area contributed by atoms with E-state index in [0.29, 0.717) is 12.3 Å². The highest BCUT2D eigenvalue weighted by Gasteiger charge is 2.10. The van der Waals surface area contributed by atoms with Gasteiger partial charge >= 0.3 is 0 Å². The molecule has 1 aromatic carbocycles. The summed E-state index contributed by atoms with van der Waals surface area (Å²) < 4.78 is 18.3. The zero-order valence-electron chi connectivity index (χ0n) is 10.8. The van der Waals surface area contributed by atoms with Crippen LogP contribution in [0.3, 0.4) is 0 Å². The number of hydrogen-bond donors (Lipinski definition) is 1. The lowest BCUT2D eigenvalue weighted by Crippen LogP contribution is -2.13. The maximum absolute atomic E-state index is 12.8. The Balaban J connectivity index is 2.10. The van der Waals surface area contributed by atoms with Crippen LogP contribution in [0.2, 0.25) is 0 Å². The summed E-state index contributed by atoms with van der Waals surface area (Å²) in [4.78, 5) is 4.00. The Labute approximate surface area is 112 Å². The van der Waals surface area contributed by atoms with Gasteiger partial charge in [-0.3, -0.25) is 4.98 Å². The van der Waals surface area contributed by atoms with Gasteiger partial charge in [0.15, 0.2) is 0 Å². The first-order chi connectivity index (χ1) is 9.20. The molecule has 0 saturated carbocycles. The molecular weight excluding hydrogens is 243 g/mol. The van der Waals surface area contributed by atoms with E-state index in [0.717, 1.165) is 17.7 Å². The average Bonchev–Trinajstić information content (AvgIpc) is 2.46. The van der Waals surface area contributed by atoms with Crippen LogP contribution in [0.1, 0.15) is 30.6 Å². The topological polar surface area (TPSA) is 48.1 Å². The number of nitrogens with two attached hydrogens (primary N) is 1. The van der Waals surface area contributed by atoms with E-state index in [2.05, 4.69) is 11.9 Å². The first-order valence-corrected chi connectivity index (χ1v) is 6.30. The first kappa shape index (κ1) is 13.5. The lowest BCUT2D eigenvalue weighted by atomic mass is 10.0. The predicted octanol–water partition coefficient (Wildman–Crippen LogP) is 3.06. The van der Waals surface area contributed by atoms with Gasteiger partial charge in [-0.2, -0.15) is 0 Å². The van der Waals surface area contributed by atoms with Crippen molar-refractivity contribution in [3.63, 3.8) is 0 Å². The second kappa shape index (κ2) is 6.29. The normalized spacial score (nSPS) is 12.2. The summed E-state index contributed by atoms with van der Waals surface area (Å²) in [6.07, 6.45) is 2.15. The highest BCUT2D eigenvalue weighted by Crippen LogP contribution is 2.21. The summed E-state index contributed by atoms with van der Waals surface area (Å²) in [5.74, 6) is 0.462. The van der Waals surface area contributed by atoms with Crippen LogP contribution in [0.4, 0.5) is 4.39 Å². The van der Waals surface area contributed by atoms with Gasteiger partial charge < -0.3 is 10.5 Å². The monoisotopic (exact) mass is 260 g/mol. The number of ether oxygens (including phenoxy) is 1. The molecule has 0 radical (unpaired) electrons. The highest BCUT2D eigenvalue weighted by molar-refractivity contribution is 5.32. The fourth-order valence-corrected chi connectivity index (χ4v) is 1.73. The molecule has 0 amide bonds. The van der Waals surface area contributed by atoms with Crippen LogP contribution in [0.5, 0.6) is 5.75 Å². The minimum Gasteiger partial charge on any atom is -0.494 e. The third-order valence-electron chi connectivity index (χ3n) is 2.78.